The third kappa shape index (κ3) is 5.25. The molecule has 1 aliphatic heterocycles. The van der Waals surface area contributed by atoms with Gasteiger partial charge in [-0.15, -0.1) is 0 Å². The molecule has 0 radical (unpaired) electrons. The van der Waals surface area contributed by atoms with E-state index in [1.807, 2.05) is 23.1 Å². The van der Waals surface area contributed by atoms with E-state index in [-0.39, 0.29) is 5.91 Å². The monoisotopic (exact) mass is 415 g/mol. The Morgan fingerprint density at radius 3 is 2.57 bits per heavy atom. The predicted octanol–water partition coefficient (Wildman–Crippen LogP) is 2.26. The second-order valence-electron chi connectivity index (χ2n) is 7.07. The van der Waals surface area contributed by atoms with Crippen LogP contribution < -0.4 is 15.5 Å². The maximum Gasteiger partial charge on any atom is 0.251 e. The highest BCUT2D eigenvalue weighted by Crippen LogP contribution is 2.21. The fraction of sp³-hybridized carbons (Fsp3) is 0.364. The van der Waals surface area contributed by atoms with Gasteiger partial charge in [0.05, 0.1) is 5.69 Å². The van der Waals surface area contributed by atoms with Gasteiger partial charge < -0.3 is 20.4 Å². The van der Waals surface area contributed by atoms with Crippen molar-refractivity contribution in [1.82, 2.24) is 15.5 Å². The van der Waals surface area contributed by atoms with Crippen molar-refractivity contribution in [2.75, 3.05) is 51.7 Å². The second-order valence-corrected chi connectivity index (χ2v) is 7.07. The summed E-state index contributed by atoms with van der Waals surface area (Å²) in [5.41, 5.74) is 2.00. The van der Waals surface area contributed by atoms with Crippen molar-refractivity contribution in [3.05, 3.63) is 65.2 Å². The van der Waals surface area contributed by atoms with Crippen LogP contribution in [0.5, 0.6) is 0 Å². The molecule has 0 aromatic heterocycles. The SMILES string of the molecule is CN=C(NCCc1cccc(C(=O)NC)c1)N1CCN(c2cc(F)ccc2F)CC1. The van der Waals surface area contributed by atoms with Crippen molar-refractivity contribution < 1.29 is 13.6 Å². The van der Waals surface area contributed by atoms with Gasteiger partial charge in [-0.05, 0) is 36.2 Å². The van der Waals surface area contributed by atoms with E-state index in [0.717, 1.165) is 30.1 Å². The standard InChI is InChI=1S/C22H27F2N5O/c1-25-21(30)17-5-3-4-16(14-17)8-9-27-22(26-2)29-12-10-28(11-13-29)20-15-18(23)6-7-19(20)24/h3-7,14-15H,8-13H2,1-2H3,(H,25,30)(H,26,27). The van der Waals surface area contributed by atoms with Crippen LogP contribution in [0.1, 0.15) is 15.9 Å². The quantitative estimate of drug-likeness (QED) is 0.581. The molecule has 6 nitrogen and oxygen atoms in total. The van der Waals surface area contributed by atoms with Crippen LogP contribution >= 0.6 is 0 Å². The van der Waals surface area contributed by atoms with E-state index in [0.29, 0.717) is 44.0 Å². The number of piperazine rings is 1. The Balaban J connectivity index is 1.52. The first-order valence-electron chi connectivity index (χ1n) is 9.98. The van der Waals surface area contributed by atoms with Crippen LogP contribution in [0, 0.1) is 11.6 Å². The smallest absolute Gasteiger partial charge is 0.251 e. The van der Waals surface area contributed by atoms with Crippen molar-refractivity contribution in [3.63, 3.8) is 0 Å². The van der Waals surface area contributed by atoms with Gasteiger partial charge in [-0.3, -0.25) is 9.79 Å². The van der Waals surface area contributed by atoms with Crippen molar-refractivity contribution in [2.45, 2.75) is 6.42 Å². The topological polar surface area (TPSA) is 60.0 Å². The molecule has 0 bridgehead atoms. The molecule has 0 unspecified atom stereocenters. The molecule has 1 fully saturated rings. The fourth-order valence-electron chi connectivity index (χ4n) is 3.55. The minimum Gasteiger partial charge on any atom is -0.366 e. The lowest BCUT2D eigenvalue weighted by atomic mass is 10.1. The van der Waals surface area contributed by atoms with E-state index in [2.05, 4.69) is 20.5 Å². The minimum atomic E-state index is -0.438. The number of hydrogen-bond donors (Lipinski definition) is 2. The minimum absolute atomic E-state index is 0.103. The average molecular weight is 415 g/mol. The molecule has 8 heteroatoms. The van der Waals surface area contributed by atoms with E-state index < -0.39 is 11.6 Å². The van der Waals surface area contributed by atoms with Crippen LogP contribution in [0.3, 0.4) is 0 Å². The normalized spacial score (nSPS) is 14.6. The average Bonchev–Trinajstić information content (AvgIpc) is 2.78. The lowest BCUT2D eigenvalue weighted by Gasteiger charge is -2.37. The van der Waals surface area contributed by atoms with Gasteiger partial charge >= 0.3 is 0 Å². The van der Waals surface area contributed by atoms with Gasteiger partial charge in [0.1, 0.15) is 11.6 Å². The van der Waals surface area contributed by atoms with Crippen molar-refractivity contribution in [2.24, 2.45) is 4.99 Å². The number of amides is 1. The Morgan fingerprint density at radius 1 is 1.10 bits per heavy atom. The van der Waals surface area contributed by atoms with Crippen LogP contribution in [0.4, 0.5) is 14.5 Å². The van der Waals surface area contributed by atoms with E-state index >= 15 is 0 Å². The first kappa shape index (κ1) is 21.5. The second kappa shape index (κ2) is 10.0. The third-order valence-electron chi connectivity index (χ3n) is 5.15. The summed E-state index contributed by atoms with van der Waals surface area (Å²) < 4.78 is 27.5. The summed E-state index contributed by atoms with van der Waals surface area (Å²) in [6.07, 6.45) is 0.748. The molecule has 1 aliphatic rings. The van der Waals surface area contributed by atoms with E-state index in [1.165, 1.54) is 6.07 Å². The summed E-state index contributed by atoms with van der Waals surface area (Å²) in [7, 11) is 3.34. The van der Waals surface area contributed by atoms with Gasteiger partial charge in [0, 0.05) is 58.4 Å². The summed E-state index contributed by atoms with van der Waals surface area (Å²) >= 11 is 0. The zero-order chi connectivity index (χ0) is 21.5. The largest absolute Gasteiger partial charge is 0.366 e. The Morgan fingerprint density at radius 2 is 1.87 bits per heavy atom. The fourth-order valence-corrected chi connectivity index (χ4v) is 3.55. The molecule has 2 aromatic carbocycles. The summed E-state index contributed by atoms with van der Waals surface area (Å²) in [6.45, 7) is 3.14. The molecule has 1 saturated heterocycles. The number of nitrogens with zero attached hydrogens (tertiary/aromatic N) is 3. The molecule has 0 spiro atoms. The molecular weight excluding hydrogens is 388 g/mol. The first-order valence-corrected chi connectivity index (χ1v) is 9.98. The van der Waals surface area contributed by atoms with Crippen LogP contribution in [0.25, 0.3) is 0 Å². The number of guanidine groups is 1. The molecule has 0 atom stereocenters. The van der Waals surface area contributed by atoms with E-state index in [4.69, 9.17) is 0 Å². The van der Waals surface area contributed by atoms with E-state index in [1.54, 1.807) is 20.2 Å². The highest BCUT2D eigenvalue weighted by Gasteiger charge is 2.22. The van der Waals surface area contributed by atoms with Crippen LogP contribution in [0.15, 0.2) is 47.5 Å². The number of halogens is 2. The van der Waals surface area contributed by atoms with E-state index in [9.17, 15) is 13.6 Å². The highest BCUT2D eigenvalue weighted by molar-refractivity contribution is 5.94. The lowest BCUT2D eigenvalue weighted by Crippen LogP contribution is -2.53. The number of aliphatic imine (C=N–C) groups is 1. The Bertz CT molecular complexity index is 910. The molecular formula is C22H27F2N5O. The third-order valence-corrected chi connectivity index (χ3v) is 5.15. The van der Waals surface area contributed by atoms with Crippen molar-refractivity contribution in [1.29, 1.82) is 0 Å². The van der Waals surface area contributed by atoms with Crippen molar-refractivity contribution in [3.8, 4) is 0 Å². The lowest BCUT2D eigenvalue weighted by molar-refractivity contribution is 0.0963. The molecule has 160 valence electrons. The molecule has 2 N–H and O–H groups in total. The van der Waals surface area contributed by atoms with Crippen LogP contribution in [0.2, 0.25) is 0 Å². The number of carbonyl (C=O) groups is 1. The maximum absolute atomic E-state index is 14.0. The van der Waals surface area contributed by atoms with Crippen LogP contribution in [-0.2, 0) is 6.42 Å². The number of hydrogen-bond acceptors (Lipinski definition) is 3. The molecule has 3 rings (SSSR count). The molecule has 2 aromatic rings. The maximum atomic E-state index is 14.0. The van der Waals surface area contributed by atoms with Gasteiger partial charge in [-0.1, -0.05) is 12.1 Å². The Hall–Kier alpha value is -3.16. The number of carbonyl (C=O) groups excluding carboxylic acids is 1. The molecule has 30 heavy (non-hydrogen) atoms. The zero-order valence-corrected chi connectivity index (χ0v) is 17.3. The number of rotatable bonds is 5. The van der Waals surface area contributed by atoms with Gasteiger partial charge in [0.25, 0.3) is 5.91 Å². The van der Waals surface area contributed by atoms with Gasteiger partial charge in [-0.25, -0.2) is 8.78 Å². The summed E-state index contributed by atoms with van der Waals surface area (Å²) in [4.78, 5) is 20.1. The zero-order valence-electron chi connectivity index (χ0n) is 17.3. The summed E-state index contributed by atoms with van der Waals surface area (Å²) in [5.74, 6) is -0.178. The van der Waals surface area contributed by atoms with Crippen LogP contribution in [-0.4, -0.2) is 63.6 Å². The number of anilines is 1. The first-order chi connectivity index (χ1) is 14.5. The Kier molecular flexibility index (Phi) is 7.21. The van der Waals surface area contributed by atoms with Crippen molar-refractivity contribution >= 4 is 17.6 Å². The number of benzene rings is 2. The number of nitrogens with one attached hydrogen (secondary N) is 2. The highest BCUT2D eigenvalue weighted by atomic mass is 19.1. The molecule has 1 heterocycles. The van der Waals surface area contributed by atoms with Gasteiger partial charge in [0.2, 0.25) is 0 Å². The summed E-state index contributed by atoms with van der Waals surface area (Å²) in [5, 5.41) is 5.98. The molecule has 1 amide bonds. The van der Waals surface area contributed by atoms with Gasteiger partial charge in [-0.2, -0.15) is 0 Å². The predicted molar refractivity (Wildman–Crippen MR) is 115 cm³/mol. The molecule has 0 saturated carbocycles. The van der Waals surface area contributed by atoms with Gasteiger partial charge in [0.15, 0.2) is 5.96 Å². The summed E-state index contributed by atoms with van der Waals surface area (Å²) in [6, 6.07) is 11.1. The Labute approximate surface area is 175 Å². The molecule has 0 aliphatic carbocycles.